The Labute approximate surface area is 187 Å². The van der Waals surface area contributed by atoms with Gasteiger partial charge in [0.2, 0.25) is 0 Å². The van der Waals surface area contributed by atoms with E-state index in [4.69, 9.17) is 19.2 Å². The minimum absolute atomic E-state index is 0.0351. The predicted molar refractivity (Wildman–Crippen MR) is 126 cm³/mol. The lowest BCUT2D eigenvalue weighted by Crippen LogP contribution is -2.24. The summed E-state index contributed by atoms with van der Waals surface area (Å²) in [5, 5.41) is 0.620. The highest BCUT2D eigenvalue weighted by Crippen LogP contribution is 2.26. The van der Waals surface area contributed by atoms with Crippen LogP contribution < -0.4 is 19.8 Å². The lowest BCUT2D eigenvalue weighted by atomic mass is 10.1. The Balaban J connectivity index is 1.54. The molecule has 0 N–H and O–H groups in total. The first-order valence-electron chi connectivity index (χ1n) is 10.6. The summed E-state index contributed by atoms with van der Waals surface area (Å²) in [6.45, 7) is 1.08. The van der Waals surface area contributed by atoms with Gasteiger partial charge in [0.1, 0.15) is 11.6 Å². The van der Waals surface area contributed by atoms with Crippen LogP contribution in [0.25, 0.3) is 22.3 Å². The van der Waals surface area contributed by atoms with Crippen LogP contribution in [0.15, 0.2) is 77.6 Å². The van der Waals surface area contributed by atoms with Gasteiger partial charge in [-0.25, -0.2) is 4.98 Å². The summed E-state index contributed by atoms with van der Waals surface area (Å²) in [6.07, 6.45) is 1.57. The fourth-order valence-electron chi connectivity index (χ4n) is 3.63. The monoisotopic (exact) mass is 430 g/mol. The van der Waals surface area contributed by atoms with Crippen molar-refractivity contribution in [2.45, 2.75) is 19.4 Å². The van der Waals surface area contributed by atoms with Crippen molar-refractivity contribution >= 4 is 10.9 Å². The molecule has 6 heteroatoms. The first-order valence-corrected chi connectivity index (χ1v) is 10.6. The smallest absolute Gasteiger partial charge is 0.261 e. The Hall–Kier alpha value is -3.80. The molecular weight excluding hydrogens is 404 g/mol. The van der Waals surface area contributed by atoms with Crippen molar-refractivity contribution in [2.75, 3.05) is 20.8 Å². The van der Waals surface area contributed by atoms with Crippen LogP contribution in [0.2, 0.25) is 0 Å². The van der Waals surface area contributed by atoms with E-state index in [2.05, 4.69) is 0 Å². The molecule has 0 atom stereocenters. The summed E-state index contributed by atoms with van der Waals surface area (Å²) in [5.41, 5.74) is 1.53. The van der Waals surface area contributed by atoms with E-state index >= 15 is 0 Å². The van der Waals surface area contributed by atoms with Crippen molar-refractivity contribution < 1.29 is 14.2 Å². The van der Waals surface area contributed by atoms with Crippen LogP contribution in [-0.2, 0) is 6.54 Å². The van der Waals surface area contributed by atoms with E-state index in [1.165, 1.54) is 0 Å². The number of methoxy groups -OCH3 is 2. The molecule has 164 valence electrons. The second kappa shape index (κ2) is 10.0. The van der Waals surface area contributed by atoms with Crippen LogP contribution in [0.3, 0.4) is 0 Å². The molecule has 0 radical (unpaired) electrons. The summed E-state index contributed by atoms with van der Waals surface area (Å²) in [5.74, 6) is 2.85. The van der Waals surface area contributed by atoms with E-state index in [0.29, 0.717) is 35.6 Å². The standard InChI is InChI=1S/C26H26N2O4/c1-30-20-15-13-19(14-16-20)25-27-22-10-4-3-9-21(22)26(29)28(25)17-7-8-18-32-24-12-6-5-11-23(24)31-2/h3-6,9-16H,7-8,17-18H2,1-2H3. The van der Waals surface area contributed by atoms with Gasteiger partial charge in [-0.2, -0.15) is 0 Å². The SMILES string of the molecule is COc1ccc(-c2nc3ccccc3c(=O)n2CCCCOc2ccccc2OC)cc1. The molecular formula is C26H26N2O4. The topological polar surface area (TPSA) is 62.6 Å². The highest BCUT2D eigenvalue weighted by Gasteiger charge is 2.13. The van der Waals surface area contributed by atoms with E-state index in [9.17, 15) is 4.79 Å². The number of nitrogens with zero attached hydrogens (tertiary/aromatic N) is 2. The number of para-hydroxylation sites is 3. The lowest BCUT2D eigenvalue weighted by molar-refractivity contribution is 0.283. The number of fused-ring (bicyclic) bond motifs is 1. The van der Waals surface area contributed by atoms with Gasteiger partial charge in [0.25, 0.3) is 5.56 Å². The molecule has 32 heavy (non-hydrogen) atoms. The molecule has 4 aromatic rings. The number of benzene rings is 3. The maximum Gasteiger partial charge on any atom is 0.261 e. The van der Waals surface area contributed by atoms with E-state index < -0.39 is 0 Å². The highest BCUT2D eigenvalue weighted by atomic mass is 16.5. The van der Waals surface area contributed by atoms with Gasteiger partial charge in [0.05, 0.1) is 31.7 Å². The van der Waals surface area contributed by atoms with Crippen LogP contribution >= 0.6 is 0 Å². The minimum Gasteiger partial charge on any atom is -0.497 e. The first-order chi connectivity index (χ1) is 15.7. The van der Waals surface area contributed by atoms with Crippen molar-refractivity contribution in [3.8, 4) is 28.6 Å². The second-order valence-electron chi connectivity index (χ2n) is 7.34. The van der Waals surface area contributed by atoms with Crippen molar-refractivity contribution in [2.24, 2.45) is 0 Å². The molecule has 0 fully saturated rings. The summed E-state index contributed by atoms with van der Waals surface area (Å²) < 4.78 is 18.2. The Morgan fingerprint density at radius 1 is 0.812 bits per heavy atom. The van der Waals surface area contributed by atoms with Crippen LogP contribution in [0, 0.1) is 0 Å². The zero-order chi connectivity index (χ0) is 22.3. The fraction of sp³-hybridized carbons (Fsp3) is 0.231. The molecule has 0 unspecified atom stereocenters. The molecule has 0 aliphatic rings. The zero-order valence-electron chi connectivity index (χ0n) is 18.3. The van der Waals surface area contributed by atoms with E-state index in [-0.39, 0.29) is 5.56 Å². The molecule has 6 nitrogen and oxygen atoms in total. The maximum atomic E-state index is 13.3. The van der Waals surface area contributed by atoms with Gasteiger partial charge in [-0.3, -0.25) is 9.36 Å². The van der Waals surface area contributed by atoms with Crippen molar-refractivity contribution in [3.05, 3.63) is 83.2 Å². The Morgan fingerprint density at radius 2 is 1.53 bits per heavy atom. The summed E-state index contributed by atoms with van der Waals surface area (Å²) in [6, 6.07) is 22.6. The molecule has 3 aromatic carbocycles. The Kier molecular flexibility index (Phi) is 6.70. The molecule has 0 saturated heterocycles. The Bertz CT molecular complexity index is 1250. The minimum atomic E-state index is -0.0351. The average Bonchev–Trinajstić information content (AvgIpc) is 2.85. The molecule has 0 aliphatic carbocycles. The number of hydrogen-bond acceptors (Lipinski definition) is 5. The van der Waals surface area contributed by atoms with Gasteiger partial charge in [0, 0.05) is 12.1 Å². The van der Waals surface area contributed by atoms with Gasteiger partial charge in [-0.05, 0) is 61.4 Å². The van der Waals surface area contributed by atoms with Crippen molar-refractivity contribution in [1.82, 2.24) is 9.55 Å². The van der Waals surface area contributed by atoms with Gasteiger partial charge in [0.15, 0.2) is 11.5 Å². The maximum absolute atomic E-state index is 13.3. The fourth-order valence-corrected chi connectivity index (χ4v) is 3.63. The largest absolute Gasteiger partial charge is 0.497 e. The molecule has 0 amide bonds. The Morgan fingerprint density at radius 3 is 2.28 bits per heavy atom. The molecule has 1 aromatic heterocycles. The predicted octanol–water partition coefficient (Wildman–Crippen LogP) is 4.94. The second-order valence-corrected chi connectivity index (χ2v) is 7.34. The van der Waals surface area contributed by atoms with Gasteiger partial charge >= 0.3 is 0 Å². The average molecular weight is 431 g/mol. The van der Waals surface area contributed by atoms with E-state index in [0.717, 1.165) is 29.9 Å². The lowest BCUT2D eigenvalue weighted by Gasteiger charge is -2.14. The van der Waals surface area contributed by atoms with Crippen molar-refractivity contribution in [1.29, 1.82) is 0 Å². The van der Waals surface area contributed by atoms with Gasteiger partial charge in [-0.15, -0.1) is 0 Å². The number of ether oxygens (including phenoxy) is 3. The summed E-state index contributed by atoms with van der Waals surface area (Å²) >= 11 is 0. The quantitative estimate of drug-likeness (QED) is 0.352. The van der Waals surface area contributed by atoms with Crippen LogP contribution in [-0.4, -0.2) is 30.4 Å². The summed E-state index contributed by atoms with van der Waals surface area (Å²) in [4.78, 5) is 18.1. The molecule has 0 aliphatic heterocycles. The van der Waals surface area contributed by atoms with E-state index in [1.807, 2.05) is 72.8 Å². The number of unbranched alkanes of at least 4 members (excludes halogenated alkanes) is 1. The van der Waals surface area contributed by atoms with Crippen LogP contribution in [0.1, 0.15) is 12.8 Å². The third-order valence-corrected chi connectivity index (χ3v) is 5.31. The number of aromatic nitrogens is 2. The summed E-state index contributed by atoms with van der Waals surface area (Å²) in [7, 11) is 3.26. The number of hydrogen-bond donors (Lipinski definition) is 0. The molecule has 0 saturated carbocycles. The molecule has 0 spiro atoms. The molecule has 4 rings (SSSR count). The van der Waals surface area contributed by atoms with Crippen LogP contribution in [0.4, 0.5) is 0 Å². The van der Waals surface area contributed by atoms with Gasteiger partial charge in [-0.1, -0.05) is 24.3 Å². The normalized spacial score (nSPS) is 10.8. The third kappa shape index (κ3) is 4.59. The third-order valence-electron chi connectivity index (χ3n) is 5.31. The van der Waals surface area contributed by atoms with Crippen LogP contribution in [0.5, 0.6) is 17.2 Å². The zero-order valence-corrected chi connectivity index (χ0v) is 18.3. The van der Waals surface area contributed by atoms with Crippen molar-refractivity contribution in [3.63, 3.8) is 0 Å². The first kappa shape index (κ1) is 21.4. The molecule has 1 heterocycles. The highest BCUT2D eigenvalue weighted by molar-refractivity contribution is 5.79. The molecule has 0 bridgehead atoms. The van der Waals surface area contributed by atoms with Gasteiger partial charge < -0.3 is 14.2 Å². The number of rotatable bonds is 9. The van der Waals surface area contributed by atoms with E-state index in [1.54, 1.807) is 18.8 Å².